The number of carbonyl (C=O) groups excluding carboxylic acids is 1. The summed E-state index contributed by atoms with van der Waals surface area (Å²) in [5.41, 5.74) is 2.22. The van der Waals surface area contributed by atoms with Crippen molar-refractivity contribution in [2.45, 2.75) is 20.4 Å². The van der Waals surface area contributed by atoms with E-state index in [2.05, 4.69) is 16.5 Å². The molecule has 3 heterocycles. The molecule has 0 fully saturated rings. The summed E-state index contributed by atoms with van der Waals surface area (Å²) in [5, 5.41) is 16.8. The van der Waals surface area contributed by atoms with Crippen LogP contribution in [0.5, 0.6) is 0 Å². The van der Waals surface area contributed by atoms with Crippen molar-refractivity contribution < 1.29 is 9.21 Å². The Labute approximate surface area is 157 Å². The Morgan fingerprint density at radius 1 is 1.41 bits per heavy atom. The molecule has 0 aliphatic rings. The summed E-state index contributed by atoms with van der Waals surface area (Å²) in [6.07, 6.45) is 3.42. The van der Waals surface area contributed by atoms with E-state index in [9.17, 15) is 10.1 Å². The highest BCUT2D eigenvalue weighted by molar-refractivity contribution is 5.94. The van der Waals surface area contributed by atoms with E-state index in [1.165, 1.54) is 0 Å². The lowest BCUT2D eigenvalue weighted by Crippen LogP contribution is -2.31. The fourth-order valence-electron chi connectivity index (χ4n) is 2.96. The molecule has 0 atom stereocenters. The summed E-state index contributed by atoms with van der Waals surface area (Å²) in [6, 6.07) is 7.71. The number of hydrogen-bond acceptors (Lipinski definition) is 5. The molecule has 8 nitrogen and oxygen atoms in total. The van der Waals surface area contributed by atoms with Crippen LogP contribution in [0.15, 0.2) is 35.1 Å². The van der Waals surface area contributed by atoms with Crippen LogP contribution in [0.25, 0.3) is 0 Å². The maximum absolute atomic E-state index is 12.6. The summed E-state index contributed by atoms with van der Waals surface area (Å²) in [6.45, 7) is 4.36. The summed E-state index contributed by atoms with van der Waals surface area (Å²) < 4.78 is 9.00. The van der Waals surface area contributed by atoms with Crippen molar-refractivity contribution in [2.75, 3.05) is 23.8 Å². The number of anilines is 2. The van der Waals surface area contributed by atoms with E-state index in [4.69, 9.17) is 4.42 Å². The highest BCUT2D eigenvalue weighted by Crippen LogP contribution is 2.27. The molecule has 0 aliphatic heterocycles. The molecule has 3 rings (SSSR count). The zero-order chi connectivity index (χ0) is 19.6. The molecule has 27 heavy (non-hydrogen) atoms. The second kappa shape index (κ2) is 7.41. The quantitative estimate of drug-likeness (QED) is 0.723. The van der Waals surface area contributed by atoms with Gasteiger partial charge in [0.2, 0.25) is 5.91 Å². The van der Waals surface area contributed by atoms with E-state index in [0.29, 0.717) is 23.7 Å². The van der Waals surface area contributed by atoms with Crippen molar-refractivity contribution >= 4 is 17.5 Å². The van der Waals surface area contributed by atoms with Gasteiger partial charge in [-0.15, -0.1) is 0 Å². The molecule has 0 saturated carbocycles. The van der Waals surface area contributed by atoms with Crippen molar-refractivity contribution in [3.8, 4) is 6.07 Å². The molecule has 0 saturated heterocycles. The normalized spacial score (nSPS) is 10.6. The molecule has 140 valence electrons. The number of aryl methyl sites for hydroxylation is 1. The first kappa shape index (κ1) is 18.3. The number of nitrogens with one attached hydrogen (secondary N) is 1. The highest BCUT2D eigenvalue weighted by atomic mass is 16.3. The van der Waals surface area contributed by atoms with Gasteiger partial charge in [-0.1, -0.05) is 0 Å². The van der Waals surface area contributed by atoms with Gasteiger partial charge in [0.1, 0.15) is 17.6 Å². The minimum atomic E-state index is -0.224. The molecule has 8 heteroatoms. The molecule has 0 unspecified atom stereocenters. The van der Waals surface area contributed by atoms with Crippen LogP contribution in [0.4, 0.5) is 11.6 Å². The van der Waals surface area contributed by atoms with Gasteiger partial charge in [-0.05, 0) is 31.5 Å². The molecule has 0 bridgehead atoms. The molecule has 0 aromatic carbocycles. The molecule has 3 aromatic rings. The van der Waals surface area contributed by atoms with E-state index in [1.807, 2.05) is 49.9 Å². The van der Waals surface area contributed by atoms with Gasteiger partial charge in [-0.25, -0.2) is 0 Å². The average molecular weight is 366 g/mol. The van der Waals surface area contributed by atoms with E-state index in [1.54, 1.807) is 22.9 Å². The lowest BCUT2D eigenvalue weighted by atomic mass is 10.2. The lowest BCUT2D eigenvalue weighted by Gasteiger charge is -2.17. The SMILES string of the molecule is Cc1c(C#N)c(NC(=O)CN(C)c2ccn(C)n2)n(Cc2ccco2)c1C. The Hall–Kier alpha value is -3.47. The molecule has 0 radical (unpaired) electrons. The van der Waals surface area contributed by atoms with Crippen molar-refractivity contribution in [2.24, 2.45) is 7.05 Å². The van der Waals surface area contributed by atoms with Crippen LogP contribution in [0.3, 0.4) is 0 Å². The molecule has 1 amide bonds. The number of nitrogens with zero attached hydrogens (tertiary/aromatic N) is 5. The van der Waals surface area contributed by atoms with E-state index < -0.39 is 0 Å². The number of nitriles is 1. The standard InChI is InChI=1S/C19H22N6O2/c1-13-14(2)25(11-15-6-5-9-27-15)19(16(13)10-20)21-18(26)12-23(3)17-7-8-24(4)22-17/h5-9H,11-12H2,1-4H3,(H,21,26). The van der Waals surface area contributed by atoms with Crippen LogP contribution >= 0.6 is 0 Å². The molecule has 0 aliphatic carbocycles. The number of rotatable bonds is 6. The number of likely N-dealkylation sites (N-methyl/N-ethyl adjacent to an activating group) is 1. The monoisotopic (exact) mass is 366 g/mol. The summed E-state index contributed by atoms with van der Waals surface area (Å²) in [4.78, 5) is 14.4. The third kappa shape index (κ3) is 3.72. The van der Waals surface area contributed by atoms with Gasteiger partial charge in [0.25, 0.3) is 0 Å². The minimum Gasteiger partial charge on any atom is -0.467 e. The number of carbonyl (C=O) groups is 1. The first-order chi connectivity index (χ1) is 12.9. The lowest BCUT2D eigenvalue weighted by molar-refractivity contribution is -0.115. The fourth-order valence-corrected chi connectivity index (χ4v) is 2.96. The second-order valence-electron chi connectivity index (χ2n) is 6.46. The van der Waals surface area contributed by atoms with Crippen LogP contribution in [0.1, 0.15) is 22.6 Å². The zero-order valence-electron chi connectivity index (χ0n) is 15.9. The van der Waals surface area contributed by atoms with Gasteiger partial charge < -0.3 is 19.2 Å². The Bertz CT molecular complexity index is 990. The van der Waals surface area contributed by atoms with Crippen LogP contribution in [-0.2, 0) is 18.4 Å². The number of hydrogen-bond donors (Lipinski definition) is 1. The summed E-state index contributed by atoms with van der Waals surface area (Å²) in [7, 11) is 3.62. The van der Waals surface area contributed by atoms with Gasteiger partial charge in [0, 0.05) is 32.1 Å². The second-order valence-corrected chi connectivity index (χ2v) is 6.46. The van der Waals surface area contributed by atoms with E-state index >= 15 is 0 Å². The third-order valence-electron chi connectivity index (χ3n) is 4.56. The van der Waals surface area contributed by atoms with Crippen LogP contribution in [-0.4, -0.2) is 33.8 Å². The van der Waals surface area contributed by atoms with Gasteiger partial charge in [-0.3, -0.25) is 9.48 Å². The Balaban J connectivity index is 1.83. The topological polar surface area (TPSA) is 92.0 Å². The Kier molecular flexibility index (Phi) is 5.03. The average Bonchev–Trinajstić information content (AvgIpc) is 3.33. The highest BCUT2D eigenvalue weighted by Gasteiger charge is 2.21. The molecule has 1 N–H and O–H groups in total. The first-order valence-electron chi connectivity index (χ1n) is 8.53. The van der Waals surface area contributed by atoms with Crippen molar-refractivity contribution in [1.29, 1.82) is 5.26 Å². The minimum absolute atomic E-state index is 0.117. The number of aromatic nitrogens is 3. The Morgan fingerprint density at radius 3 is 2.78 bits per heavy atom. The van der Waals surface area contributed by atoms with E-state index in [-0.39, 0.29) is 12.5 Å². The maximum atomic E-state index is 12.6. The van der Waals surface area contributed by atoms with Crippen LogP contribution < -0.4 is 10.2 Å². The third-order valence-corrected chi connectivity index (χ3v) is 4.56. The predicted octanol–water partition coefficient (Wildman–Crippen LogP) is 2.43. The van der Waals surface area contributed by atoms with Gasteiger partial charge in [0.05, 0.1) is 24.9 Å². The van der Waals surface area contributed by atoms with Gasteiger partial charge in [-0.2, -0.15) is 10.4 Å². The van der Waals surface area contributed by atoms with Crippen molar-refractivity contribution in [3.63, 3.8) is 0 Å². The molecular formula is C19H22N6O2. The summed E-state index contributed by atoms with van der Waals surface area (Å²) >= 11 is 0. The van der Waals surface area contributed by atoms with Gasteiger partial charge >= 0.3 is 0 Å². The Morgan fingerprint density at radius 2 is 2.19 bits per heavy atom. The largest absolute Gasteiger partial charge is 0.467 e. The maximum Gasteiger partial charge on any atom is 0.245 e. The zero-order valence-corrected chi connectivity index (χ0v) is 15.9. The molecule has 0 spiro atoms. The predicted molar refractivity (Wildman–Crippen MR) is 102 cm³/mol. The number of furan rings is 1. The first-order valence-corrected chi connectivity index (χ1v) is 8.53. The van der Waals surface area contributed by atoms with Crippen molar-refractivity contribution in [3.05, 3.63) is 53.2 Å². The summed E-state index contributed by atoms with van der Waals surface area (Å²) in [5.74, 6) is 1.71. The van der Waals surface area contributed by atoms with Gasteiger partial charge in [0.15, 0.2) is 5.82 Å². The van der Waals surface area contributed by atoms with Crippen LogP contribution in [0.2, 0.25) is 0 Å². The van der Waals surface area contributed by atoms with E-state index in [0.717, 1.165) is 17.0 Å². The number of amides is 1. The fraction of sp³-hybridized carbons (Fsp3) is 0.316. The van der Waals surface area contributed by atoms with Crippen molar-refractivity contribution in [1.82, 2.24) is 14.3 Å². The molecular weight excluding hydrogens is 344 g/mol. The van der Waals surface area contributed by atoms with Crippen LogP contribution in [0, 0.1) is 25.2 Å². The molecule has 3 aromatic heterocycles. The smallest absolute Gasteiger partial charge is 0.245 e.